The van der Waals surface area contributed by atoms with E-state index in [1.807, 2.05) is 31.3 Å². The van der Waals surface area contributed by atoms with Crippen LogP contribution in [-0.4, -0.2) is 17.0 Å². The fourth-order valence-corrected chi connectivity index (χ4v) is 1.55. The third kappa shape index (κ3) is 2.19. The molecule has 0 aliphatic carbocycles. The van der Waals surface area contributed by atoms with Crippen LogP contribution < -0.4 is 5.32 Å². The maximum Gasteiger partial charge on any atom is 0.149 e. The number of benzene rings is 1. The summed E-state index contributed by atoms with van der Waals surface area (Å²) in [6, 6.07) is 12.1. The van der Waals surface area contributed by atoms with Gasteiger partial charge in [-0.05, 0) is 18.7 Å². The molecule has 0 fully saturated rings. The van der Waals surface area contributed by atoms with E-state index in [9.17, 15) is 0 Å². The van der Waals surface area contributed by atoms with Crippen LogP contribution in [0.25, 0.3) is 0 Å². The van der Waals surface area contributed by atoms with Crippen molar-refractivity contribution in [2.45, 2.75) is 6.04 Å². The summed E-state index contributed by atoms with van der Waals surface area (Å²) in [5, 5.41) is 3.21. The molecule has 3 nitrogen and oxygen atoms in total. The Bertz CT molecular complexity index is 360. The normalized spacial score (nSPS) is 12.3. The fraction of sp³-hybridized carbons (Fsp3) is 0.167. The van der Waals surface area contributed by atoms with Crippen LogP contribution >= 0.6 is 0 Å². The number of hydrogen-bond acceptors (Lipinski definition) is 3. The van der Waals surface area contributed by atoms with Crippen LogP contribution in [0.2, 0.25) is 0 Å². The van der Waals surface area contributed by atoms with Gasteiger partial charge in [0.2, 0.25) is 0 Å². The van der Waals surface area contributed by atoms with E-state index in [1.54, 1.807) is 12.4 Å². The number of aromatic nitrogens is 2. The van der Waals surface area contributed by atoms with Crippen LogP contribution in [0.4, 0.5) is 0 Å². The molecule has 1 heterocycles. The summed E-state index contributed by atoms with van der Waals surface area (Å²) in [6.07, 6.45) is 3.52. The van der Waals surface area contributed by atoms with Crippen molar-refractivity contribution in [2.75, 3.05) is 7.05 Å². The zero-order valence-corrected chi connectivity index (χ0v) is 8.59. The van der Waals surface area contributed by atoms with Gasteiger partial charge in [-0.2, -0.15) is 0 Å². The zero-order valence-electron chi connectivity index (χ0n) is 8.59. The highest BCUT2D eigenvalue weighted by Crippen LogP contribution is 2.16. The molecule has 1 unspecified atom stereocenters. The Morgan fingerprint density at radius 1 is 1.00 bits per heavy atom. The molecule has 0 aliphatic rings. The van der Waals surface area contributed by atoms with Gasteiger partial charge in [0.15, 0.2) is 0 Å². The molecule has 0 saturated carbocycles. The SMILES string of the molecule is CNC(c1ccccc1)c1ncccn1. The number of hydrogen-bond donors (Lipinski definition) is 1. The largest absolute Gasteiger partial charge is 0.307 e. The van der Waals surface area contributed by atoms with E-state index in [-0.39, 0.29) is 6.04 Å². The molecule has 1 N–H and O–H groups in total. The quantitative estimate of drug-likeness (QED) is 0.818. The molecule has 15 heavy (non-hydrogen) atoms. The molecule has 1 aromatic heterocycles. The van der Waals surface area contributed by atoms with Crippen molar-refractivity contribution in [1.82, 2.24) is 15.3 Å². The lowest BCUT2D eigenvalue weighted by Crippen LogP contribution is -2.19. The second-order valence-corrected chi connectivity index (χ2v) is 3.24. The molecular formula is C12H13N3. The molecular weight excluding hydrogens is 186 g/mol. The third-order valence-corrected chi connectivity index (χ3v) is 2.27. The lowest BCUT2D eigenvalue weighted by Gasteiger charge is -2.14. The van der Waals surface area contributed by atoms with Crippen molar-refractivity contribution < 1.29 is 0 Å². The van der Waals surface area contributed by atoms with Crippen LogP contribution in [0, 0.1) is 0 Å². The Labute approximate surface area is 89.2 Å². The first-order valence-electron chi connectivity index (χ1n) is 4.91. The van der Waals surface area contributed by atoms with Crippen LogP contribution in [0.5, 0.6) is 0 Å². The first kappa shape index (κ1) is 9.80. The Hall–Kier alpha value is -1.74. The summed E-state index contributed by atoms with van der Waals surface area (Å²) in [4.78, 5) is 8.51. The predicted octanol–water partition coefficient (Wildman–Crippen LogP) is 1.79. The molecule has 0 aliphatic heterocycles. The van der Waals surface area contributed by atoms with Crippen molar-refractivity contribution in [3.63, 3.8) is 0 Å². The van der Waals surface area contributed by atoms with Crippen LogP contribution in [-0.2, 0) is 0 Å². The first-order chi connectivity index (χ1) is 7.42. The second-order valence-electron chi connectivity index (χ2n) is 3.24. The maximum absolute atomic E-state index is 4.25. The van der Waals surface area contributed by atoms with Crippen molar-refractivity contribution >= 4 is 0 Å². The molecule has 76 valence electrons. The molecule has 2 aromatic rings. The van der Waals surface area contributed by atoms with Gasteiger partial charge >= 0.3 is 0 Å². The molecule has 0 radical (unpaired) electrons. The van der Waals surface area contributed by atoms with Gasteiger partial charge in [-0.1, -0.05) is 30.3 Å². The van der Waals surface area contributed by atoms with E-state index in [0.29, 0.717) is 0 Å². The van der Waals surface area contributed by atoms with Gasteiger partial charge in [0, 0.05) is 12.4 Å². The topological polar surface area (TPSA) is 37.8 Å². The van der Waals surface area contributed by atoms with E-state index in [4.69, 9.17) is 0 Å². The fourth-order valence-electron chi connectivity index (χ4n) is 1.55. The van der Waals surface area contributed by atoms with Gasteiger partial charge in [-0.3, -0.25) is 0 Å². The third-order valence-electron chi connectivity index (χ3n) is 2.27. The van der Waals surface area contributed by atoms with Crippen molar-refractivity contribution in [3.8, 4) is 0 Å². The minimum absolute atomic E-state index is 0.0624. The van der Waals surface area contributed by atoms with Gasteiger partial charge in [0.25, 0.3) is 0 Å². The van der Waals surface area contributed by atoms with Crippen LogP contribution in [0.1, 0.15) is 17.4 Å². The summed E-state index contributed by atoms with van der Waals surface area (Å²) in [6.45, 7) is 0. The van der Waals surface area contributed by atoms with Crippen LogP contribution in [0.15, 0.2) is 48.8 Å². The summed E-state index contributed by atoms with van der Waals surface area (Å²) < 4.78 is 0. The predicted molar refractivity (Wildman–Crippen MR) is 59.4 cm³/mol. The average molecular weight is 199 g/mol. The highest BCUT2D eigenvalue weighted by molar-refractivity contribution is 5.24. The van der Waals surface area contributed by atoms with E-state index < -0.39 is 0 Å². The molecule has 0 saturated heterocycles. The smallest absolute Gasteiger partial charge is 0.149 e. The van der Waals surface area contributed by atoms with Crippen LogP contribution in [0.3, 0.4) is 0 Å². The highest BCUT2D eigenvalue weighted by atomic mass is 15.0. The molecule has 2 rings (SSSR count). The van der Waals surface area contributed by atoms with E-state index in [2.05, 4.69) is 27.4 Å². The Morgan fingerprint density at radius 3 is 2.27 bits per heavy atom. The molecule has 1 aromatic carbocycles. The average Bonchev–Trinajstić information content (AvgIpc) is 2.33. The minimum atomic E-state index is 0.0624. The highest BCUT2D eigenvalue weighted by Gasteiger charge is 2.12. The number of nitrogens with one attached hydrogen (secondary N) is 1. The summed E-state index contributed by atoms with van der Waals surface area (Å²) >= 11 is 0. The van der Waals surface area contributed by atoms with Gasteiger partial charge < -0.3 is 5.32 Å². The second kappa shape index (κ2) is 4.66. The van der Waals surface area contributed by atoms with E-state index >= 15 is 0 Å². The lowest BCUT2D eigenvalue weighted by molar-refractivity contribution is 0.646. The van der Waals surface area contributed by atoms with Gasteiger partial charge in [-0.25, -0.2) is 9.97 Å². The van der Waals surface area contributed by atoms with Crippen molar-refractivity contribution in [3.05, 3.63) is 60.2 Å². The first-order valence-corrected chi connectivity index (χ1v) is 4.91. The molecule has 0 bridgehead atoms. The zero-order chi connectivity index (χ0) is 10.5. The summed E-state index contributed by atoms with van der Waals surface area (Å²) in [5.41, 5.74) is 1.17. The molecule has 1 atom stereocenters. The number of nitrogens with zero attached hydrogens (tertiary/aromatic N) is 2. The summed E-state index contributed by atoms with van der Waals surface area (Å²) in [7, 11) is 1.91. The number of rotatable bonds is 3. The van der Waals surface area contributed by atoms with E-state index in [0.717, 1.165) is 5.82 Å². The van der Waals surface area contributed by atoms with Crippen molar-refractivity contribution in [1.29, 1.82) is 0 Å². The van der Waals surface area contributed by atoms with Crippen molar-refractivity contribution in [2.24, 2.45) is 0 Å². The Morgan fingerprint density at radius 2 is 1.67 bits per heavy atom. The van der Waals surface area contributed by atoms with Gasteiger partial charge in [0.05, 0.1) is 6.04 Å². The Balaban J connectivity index is 2.34. The molecule has 0 spiro atoms. The molecule has 3 heteroatoms. The Kier molecular flexibility index (Phi) is 3.05. The maximum atomic E-state index is 4.25. The lowest BCUT2D eigenvalue weighted by atomic mass is 10.1. The monoisotopic (exact) mass is 199 g/mol. The standard InChI is InChI=1S/C12H13N3/c1-13-11(10-6-3-2-4-7-10)12-14-8-5-9-15-12/h2-9,11,13H,1H3. The summed E-state index contributed by atoms with van der Waals surface area (Å²) in [5.74, 6) is 0.797. The molecule has 0 amide bonds. The van der Waals surface area contributed by atoms with E-state index in [1.165, 1.54) is 5.56 Å². The van der Waals surface area contributed by atoms with Gasteiger partial charge in [0.1, 0.15) is 5.82 Å². The van der Waals surface area contributed by atoms with Gasteiger partial charge in [-0.15, -0.1) is 0 Å². The minimum Gasteiger partial charge on any atom is -0.307 e.